The summed E-state index contributed by atoms with van der Waals surface area (Å²) in [5.41, 5.74) is 1.37. The van der Waals surface area contributed by atoms with Crippen molar-refractivity contribution in [2.75, 3.05) is 13.1 Å². The third-order valence-electron chi connectivity index (χ3n) is 4.23. The largest absolute Gasteiger partial charge is 0.348 e. The Morgan fingerprint density at radius 1 is 1.36 bits per heavy atom. The van der Waals surface area contributed by atoms with Crippen LogP contribution in [-0.4, -0.2) is 35.2 Å². The van der Waals surface area contributed by atoms with Gasteiger partial charge < -0.3 is 10.6 Å². The van der Waals surface area contributed by atoms with Crippen LogP contribution in [-0.2, 0) is 12.8 Å². The van der Waals surface area contributed by atoms with Crippen molar-refractivity contribution in [3.8, 4) is 0 Å². The Kier molecular flexibility index (Phi) is 7.03. The Morgan fingerprint density at radius 2 is 2.09 bits per heavy atom. The van der Waals surface area contributed by atoms with E-state index in [4.69, 9.17) is 0 Å². The van der Waals surface area contributed by atoms with Crippen LogP contribution >= 0.6 is 12.4 Å². The molecule has 0 radical (unpaired) electrons. The van der Waals surface area contributed by atoms with Crippen LogP contribution in [0.25, 0.3) is 0 Å². The molecule has 2 heterocycles. The summed E-state index contributed by atoms with van der Waals surface area (Å²) in [5, 5.41) is 12.8. The molecule has 0 saturated carbocycles. The third-order valence-corrected chi connectivity index (χ3v) is 4.23. The van der Waals surface area contributed by atoms with Crippen LogP contribution in [0, 0.1) is 5.92 Å². The predicted molar refractivity (Wildman–Crippen MR) is 88.8 cm³/mol. The van der Waals surface area contributed by atoms with Crippen molar-refractivity contribution in [1.82, 2.24) is 20.8 Å². The average Bonchev–Trinajstić information content (AvgIpc) is 2.48. The SMILES string of the molecule is CCc1n[nH]c(=O)c(C(=O)NC2CNCCC2C)c1CC.Cl. The van der Waals surface area contributed by atoms with Crippen molar-refractivity contribution >= 4 is 18.3 Å². The van der Waals surface area contributed by atoms with E-state index < -0.39 is 5.56 Å². The lowest BCUT2D eigenvalue weighted by molar-refractivity contribution is 0.0912. The van der Waals surface area contributed by atoms with E-state index in [-0.39, 0.29) is 29.9 Å². The molecule has 0 aliphatic carbocycles. The molecule has 6 nitrogen and oxygen atoms in total. The van der Waals surface area contributed by atoms with Gasteiger partial charge in [0.2, 0.25) is 0 Å². The minimum absolute atomic E-state index is 0. The first-order valence-corrected chi connectivity index (χ1v) is 7.70. The molecule has 1 aliphatic rings. The molecule has 1 fully saturated rings. The number of hydrogen-bond acceptors (Lipinski definition) is 4. The second-order valence-electron chi connectivity index (χ2n) is 5.61. The van der Waals surface area contributed by atoms with Crippen molar-refractivity contribution in [3.63, 3.8) is 0 Å². The Hall–Kier alpha value is -1.40. The Balaban J connectivity index is 0.00000242. The van der Waals surface area contributed by atoms with Gasteiger partial charge in [0.25, 0.3) is 11.5 Å². The molecule has 2 atom stereocenters. The van der Waals surface area contributed by atoms with E-state index in [2.05, 4.69) is 27.8 Å². The molecule has 2 unspecified atom stereocenters. The number of aromatic nitrogens is 2. The number of aryl methyl sites for hydroxylation is 1. The lowest BCUT2D eigenvalue weighted by Gasteiger charge is -2.30. The zero-order valence-electron chi connectivity index (χ0n) is 13.4. The van der Waals surface area contributed by atoms with E-state index in [1.165, 1.54) is 0 Å². The van der Waals surface area contributed by atoms with Crippen LogP contribution in [0.1, 0.15) is 48.8 Å². The van der Waals surface area contributed by atoms with E-state index in [1.54, 1.807) is 0 Å². The van der Waals surface area contributed by atoms with E-state index in [9.17, 15) is 9.59 Å². The standard InChI is InChI=1S/C15H24N4O2.ClH/c1-4-10-11(5-2)18-19-15(21)13(10)14(20)17-12-8-16-7-6-9(12)3;/h9,12,16H,4-8H2,1-3H3,(H,17,20)(H,19,21);1H. The van der Waals surface area contributed by atoms with Crippen LogP contribution < -0.4 is 16.2 Å². The van der Waals surface area contributed by atoms with Crippen molar-refractivity contribution in [3.05, 3.63) is 27.2 Å². The van der Waals surface area contributed by atoms with Crippen LogP contribution in [0.15, 0.2) is 4.79 Å². The summed E-state index contributed by atoms with van der Waals surface area (Å²) < 4.78 is 0. The van der Waals surface area contributed by atoms with Crippen molar-refractivity contribution in [2.24, 2.45) is 5.92 Å². The molecule has 1 aliphatic heterocycles. The van der Waals surface area contributed by atoms with Crippen LogP contribution in [0.5, 0.6) is 0 Å². The number of H-pyrrole nitrogens is 1. The normalized spacial score (nSPS) is 21.0. The first-order valence-electron chi connectivity index (χ1n) is 7.70. The van der Waals surface area contributed by atoms with Crippen molar-refractivity contribution < 1.29 is 4.79 Å². The molecule has 22 heavy (non-hydrogen) atoms. The summed E-state index contributed by atoms with van der Waals surface area (Å²) in [6.45, 7) is 7.76. The van der Waals surface area contributed by atoms with Gasteiger partial charge in [0.1, 0.15) is 5.56 Å². The number of nitrogens with zero attached hydrogens (tertiary/aromatic N) is 1. The molecule has 1 saturated heterocycles. The molecule has 1 aromatic rings. The second kappa shape index (κ2) is 8.29. The molecule has 0 aromatic carbocycles. The van der Waals surface area contributed by atoms with E-state index in [0.717, 1.165) is 30.8 Å². The zero-order valence-corrected chi connectivity index (χ0v) is 14.2. The summed E-state index contributed by atoms with van der Waals surface area (Å²) in [6, 6.07) is 0.0635. The van der Waals surface area contributed by atoms with Gasteiger partial charge in [-0.15, -0.1) is 12.4 Å². The zero-order chi connectivity index (χ0) is 15.4. The summed E-state index contributed by atoms with van der Waals surface area (Å²) in [7, 11) is 0. The number of halogens is 1. The molecule has 124 valence electrons. The van der Waals surface area contributed by atoms with Crippen molar-refractivity contribution in [2.45, 2.75) is 46.1 Å². The third kappa shape index (κ3) is 3.87. The number of aromatic amines is 1. The first kappa shape index (κ1) is 18.6. The van der Waals surface area contributed by atoms with E-state index in [1.807, 2.05) is 13.8 Å². The molecule has 1 aromatic heterocycles. The first-order chi connectivity index (χ1) is 10.1. The monoisotopic (exact) mass is 328 g/mol. The number of nitrogens with one attached hydrogen (secondary N) is 3. The highest BCUT2D eigenvalue weighted by atomic mass is 35.5. The van der Waals surface area contributed by atoms with Gasteiger partial charge in [-0.05, 0) is 37.3 Å². The smallest absolute Gasteiger partial charge is 0.277 e. The average molecular weight is 329 g/mol. The maximum atomic E-state index is 12.5. The molecule has 7 heteroatoms. The quantitative estimate of drug-likeness (QED) is 0.771. The maximum Gasteiger partial charge on any atom is 0.277 e. The highest BCUT2D eigenvalue weighted by molar-refractivity contribution is 5.95. The van der Waals surface area contributed by atoms with E-state index in [0.29, 0.717) is 18.8 Å². The lowest BCUT2D eigenvalue weighted by Crippen LogP contribution is -2.51. The van der Waals surface area contributed by atoms with Crippen LogP contribution in [0.2, 0.25) is 0 Å². The lowest BCUT2D eigenvalue weighted by atomic mass is 9.94. The number of hydrogen-bond donors (Lipinski definition) is 3. The Labute approximate surface area is 136 Å². The van der Waals surface area contributed by atoms with Gasteiger partial charge in [-0.25, -0.2) is 5.10 Å². The summed E-state index contributed by atoms with van der Waals surface area (Å²) in [4.78, 5) is 24.6. The van der Waals surface area contributed by atoms with Crippen LogP contribution in [0.4, 0.5) is 0 Å². The van der Waals surface area contributed by atoms with Gasteiger partial charge in [0.05, 0.1) is 5.69 Å². The molecule has 2 rings (SSSR count). The van der Waals surface area contributed by atoms with Gasteiger partial charge in [0, 0.05) is 12.6 Å². The Bertz CT molecular complexity index is 573. The molecule has 3 N–H and O–H groups in total. The fourth-order valence-electron chi connectivity index (χ4n) is 2.86. The fraction of sp³-hybridized carbons (Fsp3) is 0.667. The number of rotatable bonds is 4. The van der Waals surface area contributed by atoms with Gasteiger partial charge in [0.15, 0.2) is 0 Å². The van der Waals surface area contributed by atoms with Gasteiger partial charge in [-0.3, -0.25) is 9.59 Å². The second-order valence-corrected chi connectivity index (χ2v) is 5.61. The molecular formula is C15H25ClN4O2. The minimum Gasteiger partial charge on any atom is -0.348 e. The number of piperidine rings is 1. The van der Waals surface area contributed by atoms with E-state index >= 15 is 0 Å². The molecule has 0 spiro atoms. The van der Waals surface area contributed by atoms with Crippen LogP contribution in [0.3, 0.4) is 0 Å². The number of carbonyl (C=O) groups excluding carboxylic acids is 1. The topological polar surface area (TPSA) is 86.9 Å². The summed E-state index contributed by atoms with van der Waals surface area (Å²) in [5.74, 6) is 0.123. The molecule has 1 amide bonds. The highest BCUT2D eigenvalue weighted by Crippen LogP contribution is 2.14. The van der Waals surface area contributed by atoms with Gasteiger partial charge in [-0.1, -0.05) is 20.8 Å². The predicted octanol–water partition coefficient (Wildman–Crippen LogP) is 1.04. The van der Waals surface area contributed by atoms with Crippen molar-refractivity contribution in [1.29, 1.82) is 0 Å². The molecule has 0 bridgehead atoms. The number of amides is 1. The van der Waals surface area contributed by atoms with Gasteiger partial charge in [-0.2, -0.15) is 5.10 Å². The Morgan fingerprint density at radius 3 is 2.68 bits per heavy atom. The maximum absolute atomic E-state index is 12.5. The number of carbonyl (C=O) groups is 1. The fourth-order valence-corrected chi connectivity index (χ4v) is 2.86. The summed E-state index contributed by atoms with van der Waals surface area (Å²) >= 11 is 0. The minimum atomic E-state index is -0.405. The van der Waals surface area contributed by atoms with Gasteiger partial charge >= 0.3 is 0 Å². The molecular weight excluding hydrogens is 304 g/mol. The highest BCUT2D eigenvalue weighted by Gasteiger charge is 2.26. The summed E-state index contributed by atoms with van der Waals surface area (Å²) in [6.07, 6.45) is 2.35.